The van der Waals surface area contributed by atoms with E-state index in [0.29, 0.717) is 24.7 Å². The number of hydrogen-bond donors (Lipinski definition) is 1. The summed E-state index contributed by atoms with van der Waals surface area (Å²) in [7, 11) is -2.97. The van der Waals surface area contributed by atoms with Crippen molar-refractivity contribution in [2.45, 2.75) is 13.8 Å². The Bertz CT molecular complexity index is 539. The van der Waals surface area contributed by atoms with Crippen molar-refractivity contribution in [2.24, 2.45) is 0 Å². The molecule has 4 nitrogen and oxygen atoms in total. The molecular weight excluding hydrogens is 282 g/mol. The highest BCUT2D eigenvalue weighted by atomic mass is 28.4. The molecular formula is C16H21NO3Si. The Kier molecular flexibility index (Phi) is 5.38. The third-order valence-corrected chi connectivity index (χ3v) is 5.81. The van der Waals surface area contributed by atoms with E-state index in [1.807, 2.05) is 56.3 Å². The third kappa shape index (κ3) is 3.84. The van der Waals surface area contributed by atoms with Crippen molar-refractivity contribution in [1.29, 1.82) is 0 Å². The summed E-state index contributed by atoms with van der Waals surface area (Å²) < 4.78 is 18.1. The fourth-order valence-corrected chi connectivity index (χ4v) is 4.50. The average molecular weight is 303 g/mol. The number of anilines is 1. The Balaban J connectivity index is 2.36. The van der Waals surface area contributed by atoms with Crippen molar-refractivity contribution in [2.75, 3.05) is 18.9 Å². The van der Waals surface area contributed by atoms with Gasteiger partial charge in [-0.2, -0.15) is 0 Å². The van der Waals surface area contributed by atoms with Crippen molar-refractivity contribution in [3.8, 4) is 5.75 Å². The maximum atomic E-state index is 6.16. The quantitative estimate of drug-likeness (QED) is 0.631. The van der Waals surface area contributed by atoms with Crippen LogP contribution in [-0.4, -0.2) is 22.0 Å². The number of hydrogen-bond acceptors (Lipinski definition) is 4. The fraction of sp³-hybridized carbons (Fsp3) is 0.250. The lowest BCUT2D eigenvalue weighted by molar-refractivity contribution is 0.132. The topological polar surface area (TPSA) is 53.7 Å². The highest BCUT2D eigenvalue weighted by Crippen LogP contribution is 2.19. The molecule has 0 saturated heterocycles. The molecule has 2 aromatic carbocycles. The number of nitrogen functional groups attached to an aromatic ring is 1. The van der Waals surface area contributed by atoms with E-state index in [2.05, 4.69) is 0 Å². The lowest BCUT2D eigenvalue weighted by atomic mass is 10.3. The Labute approximate surface area is 126 Å². The van der Waals surface area contributed by atoms with Gasteiger partial charge in [0.2, 0.25) is 0 Å². The maximum Gasteiger partial charge on any atom is 0.602 e. The largest absolute Gasteiger partial charge is 0.602 e. The van der Waals surface area contributed by atoms with Gasteiger partial charge < -0.3 is 19.0 Å². The molecule has 5 heteroatoms. The van der Waals surface area contributed by atoms with Gasteiger partial charge in [-0.05, 0) is 38.1 Å². The van der Waals surface area contributed by atoms with Gasteiger partial charge in [0.15, 0.2) is 0 Å². The first-order valence-electron chi connectivity index (χ1n) is 7.08. The summed E-state index contributed by atoms with van der Waals surface area (Å²) in [6, 6.07) is 17.1. The minimum Gasteiger partial charge on any atom is -0.498 e. The standard InChI is InChI=1S/C16H21NO3Si/c1-3-18-21(19-4-2,16-8-6-5-7-9-16)20-15-12-10-14(17)11-13-15/h5-13H,3-4,17H2,1-2H3. The van der Waals surface area contributed by atoms with Gasteiger partial charge in [0.25, 0.3) is 0 Å². The van der Waals surface area contributed by atoms with Gasteiger partial charge in [-0.25, -0.2) is 0 Å². The minimum atomic E-state index is -2.97. The molecule has 0 spiro atoms. The second kappa shape index (κ2) is 7.26. The predicted octanol–water partition coefficient (Wildman–Crippen LogP) is 2.57. The lowest BCUT2D eigenvalue weighted by Crippen LogP contribution is -2.59. The molecule has 0 radical (unpaired) electrons. The second-order valence-electron chi connectivity index (χ2n) is 4.46. The van der Waals surface area contributed by atoms with E-state index in [1.54, 1.807) is 12.1 Å². The van der Waals surface area contributed by atoms with Gasteiger partial charge in [0.05, 0.1) is 0 Å². The smallest absolute Gasteiger partial charge is 0.498 e. The Morgan fingerprint density at radius 3 is 1.95 bits per heavy atom. The van der Waals surface area contributed by atoms with Crippen molar-refractivity contribution >= 4 is 19.7 Å². The van der Waals surface area contributed by atoms with Crippen LogP contribution in [0.25, 0.3) is 0 Å². The summed E-state index contributed by atoms with van der Waals surface area (Å²) in [5.41, 5.74) is 6.41. The van der Waals surface area contributed by atoms with Crippen molar-refractivity contribution < 1.29 is 13.3 Å². The first-order valence-corrected chi connectivity index (χ1v) is 8.80. The van der Waals surface area contributed by atoms with Crippen LogP contribution in [0.5, 0.6) is 5.75 Å². The molecule has 0 aromatic heterocycles. The van der Waals surface area contributed by atoms with Crippen LogP contribution in [0.4, 0.5) is 5.69 Å². The van der Waals surface area contributed by atoms with Crippen LogP contribution in [0.3, 0.4) is 0 Å². The molecule has 0 atom stereocenters. The third-order valence-electron chi connectivity index (χ3n) is 2.93. The number of rotatable bonds is 7. The summed E-state index contributed by atoms with van der Waals surface area (Å²) in [6.07, 6.45) is 0. The van der Waals surface area contributed by atoms with E-state index in [1.165, 1.54) is 0 Å². The molecule has 0 amide bonds. The van der Waals surface area contributed by atoms with Gasteiger partial charge in [-0.1, -0.05) is 30.3 Å². The minimum absolute atomic E-state index is 0.524. The highest BCUT2D eigenvalue weighted by molar-refractivity contribution is 6.76. The monoisotopic (exact) mass is 303 g/mol. The van der Waals surface area contributed by atoms with Crippen molar-refractivity contribution in [3.63, 3.8) is 0 Å². The SMILES string of the molecule is CCO[Si](OCC)(Oc1ccc(N)cc1)c1ccccc1. The Hall–Kier alpha value is -1.82. The summed E-state index contributed by atoms with van der Waals surface area (Å²) >= 11 is 0. The van der Waals surface area contributed by atoms with Crippen LogP contribution in [-0.2, 0) is 8.85 Å². The van der Waals surface area contributed by atoms with E-state index in [-0.39, 0.29) is 0 Å². The average Bonchev–Trinajstić information content (AvgIpc) is 2.51. The molecule has 0 unspecified atom stereocenters. The lowest BCUT2D eigenvalue weighted by Gasteiger charge is -2.29. The van der Waals surface area contributed by atoms with Crippen LogP contribution in [0.2, 0.25) is 0 Å². The van der Waals surface area contributed by atoms with Gasteiger partial charge in [0.1, 0.15) is 5.75 Å². The molecule has 0 bridgehead atoms. The van der Waals surface area contributed by atoms with Crippen LogP contribution >= 0.6 is 0 Å². The molecule has 0 aliphatic carbocycles. The molecule has 21 heavy (non-hydrogen) atoms. The van der Waals surface area contributed by atoms with Gasteiger partial charge in [-0.3, -0.25) is 0 Å². The molecule has 0 saturated carbocycles. The molecule has 2 rings (SSSR count). The van der Waals surface area contributed by atoms with Crippen LogP contribution in [0.15, 0.2) is 54.6 Å². The molecule has 2 aromatic rings. The summed E-state index contributed by atoms with van der Waals surface area (Å²) in [6.45, 7) is 4.93. The zero-order valence-electron chi connectivity index (χ0n) is 12.4. The van der Waals surface area contributed by atoms with Crippen LogP contribution in [0, 0.1) is 0 Å². The zero-order valence-corrected chi connectivity index (χ0v) is 13.4. The maximum absolute atomic E-state index is 6.16. The normalized spacial score (nSPS) is 11.3. The van der Waals surface area contributed by atoms with Crippen molar-refractivity contribution in [3.05, 3.63) is 54.6 Å². The Morgan fingerprint density at radius 2 is 1.43 bits per heavy atom. The van der Waals surface area contributed by atoms with E-state index in [9.17, 15) is 0 Å². The predicted molar refractivity (Wildman–Crippen MR) is 86.6 cm³/mol. The first-order chi connectivity index (χ1) is 10.2. The fourth-order valence-electron chi connectivity index (χ4n) is 2.04. The summed E-state index contributed by atoms with van der Waals surface area (Å²) in [4.78, 5) is 0. The second-order valence-corrected chi connectivity index (χ2v) is 6.93. The highest BCUT2D eigenvalue weighted by Gasteiger charge is 2.45. The van der Waals surface area contributed by atoms with Gasteiger partial charge in [-0.15, -0.1) is 0 Å². The molecule has 112 valence electrons. The first kappa shape index (κ1) is 15.6. The molecule has 0 aliphatic rings. The van der Waals surface area contributed by atoms with Crippen molar-refractivity contribution in [1.82, 2.24) is 0 Å². The van der Waals surface area contributed by atoms with E-state index >= 15 is 0 Å². The van der Waals surface area contributed by atoms with E-state index in [4.69, 9.17) is 19.0 Å². The number of nitrogens with two attached hydrogens (primary N) is 1. The molecule has 0 fully saturated rings. The molecule has 2 N–H and O–H groups in total. The number of benzene rings is 2. The van der Waals surface area contributed by atoms with E-state index < -0.39 is 8.80 Å². The summed E-state index contributed by atoms with van der Waals surface area (Å²) in [5.74, 6) is 0.696. The van der Waals surface area contributed by atoms with Crippen LogP contribution < -0.4 is 15.3 Å². The Morgan fingerprint density at radius 1 is 0.857 bits per heavy atom. The van der Waals surface area contributed by atoms with Gasteiger partial charge in [0, 0.05) is 24.1 Å². The molecule has 0 heterocycles. The zero-order chi connectivity index (χ0) is 15.1. The van der Waals surface area contributed by atoms with E-state index in [0.717, 1.165) is 5.19 Å². The van der Waals surface area contributed by atoms with Crippen LogP contribution in [0.1, 0.15) is 13.8 Å². The summed E-state index contributed by atoms with van der Waals surface area (Å²) in [5, 5.41) is 0.950. The molecule has 0 aliphatic heterocycles. The van der Waals surface area contributed by atoms with Gasteiger partial charge >= 0.3 is 8.80 Å².